The van der Waals surface area contributed by atoms with Crippen molar-refractivity contribution >= 4 is 38.7 Å². The largest absolute Gasteiger partial charge is 0.445 e. The van der Waals surface area contributed by atoms with Crippen LogP contribution in [0.25, 0.3) is 0 Å². The Morgan fingerprint density at radius 3 is 2.64 bits per heavy atom. The van der Waals surface area contributed by atoms with Gasteiger partial charge in [0.1, 0.15) is 0 Å². The van der Waals surface area contributed by atoms with Crippen molar-refractivity contribution in [2.45, 2.75) is 45.4 Å². The monoisotopic (exact) mass is 387 g/mol. The molecule has 0 aromatic carbocycles. The van der Waals surface area contributed by atoms with Crippen molar-refractivity contribution in [2.75, 3.05) is 6.54 Å². The van der Waals surface area contributed by atoms with E-state index in [1.54, 1.807) is 12.1 Å². The standard InChI is InChI=1S/C16H22BrNO3S/c1-2-3-4-5-6-7-11-18-15(19)10-12-22-16(20)13-8-9-14(17)21-13/h8-10,12H,2-7,11H2,1H3,(H,18,19). The minimum atomic E-state index is -0.231. The van der Waals surface area contributed by atoms with Crippen molar-refractivity contribution < 1.29 is 14.0 Å². The molecule has 1 aromatic rings. The fourth-order valence-electron chi connectivity index (χ4n) is 1.82. The number of carbonyl (C=O) groups excluding carboxylic acids is 2. The number of furan rings is 1. The first-order valence-corrected chi connectivity index (χ1v) is 9.21. The second-order valence-electron chi connectivity index (χ2n) is 4.87. The molecule has 0 aliphatic rings. The van der Waals surface area contributed by atoms with Crippen molar-refractivity contribution in [1.82, 2.24) is 5.32 Å². The average molecular weight is 388 g/mol. The molecule has 0 bridgehead atoms. The van der Waals surface area contributed by atoms with E-state index in [4.69, 9.17) is 4.42 Å². The van der Waals surface area contributed by atoms with E-state index in [0.29, 0.717) is 11.2 Å². The van der Waals surface area contributed by atoms with Gasteiger partial charge in [-0.05, 0) is 39.9 Å². The van der Waals surface area contributed by atoms with Gasteiger partial charge in [-0.1, -0.05) is 50.8 Å². The third-order valence-electron chi connectivity index (χ3n) is 3.00. The fraction of sp³-hybridized carbons (Fsp3) is 0.500. The molecular formula is C16H22BrNO3S. The third kappa shape index (κ3) is 8.44. The van der Waals surface area contributed by atoms with Gasteiger partial charge in [0, 0.05) is 12.6 Å². The highest BCUT2D eigenvalue weighted by Gasteiger charge is 2.09. The molecule has 0 saturated carbocycles. The van der Waals surface area contributed by atoms with Crippen LogP contribution in [0.4, 0.5) is 0 Å². The number of hydrogen-bond donors (Lipinski definition) is 1. The van der Waals surface area contributed by atoms with Gasteiger partial charge in [-0.3, -0.25) is 9.59 Å². The number of unbranched alkanes of at least 4 members (excludes halogenated alkanes) is 5. The predicted octanol–water partition coefficient (Wildman–Crippen LogP) is 4.91. The van der Waals surface area contributed by atoms with Crippen molar-refractivity contribution in [3.05, 3.63) is 34.0 Å². The van der Waals surface area contributed by atoms with Crippen LogP contribution in [0.5, 0.6) is 0 Å². The molecule has 1 amide bonds. The van der Waals surface area contributed by atoms with E-state index in [1.807, 2.05) is 0 Å². The van der Waals surface area contributed by atoms with Crippen LogP contribution in [-0.2, 0) is 4.79 Å². The summed E-state index contributed by atoms with van der Waals surface area (Å²) in [5.74, 6) is 0.0866. The maximum Gasteiger partial charge on any atom is 0.258 e. The molecule has 1 aromatic heterocycles. The quantitative estimate of drug-likeness (QED) is 0.457. The predicted molar refractivity (Wildman–Crippen MR) is 93.9 cm³/mol. The molecule has 0 atom stereocenters. The van der Waals surface area contributed by atoms with Crippen molar-refractivity contribution in [3.63, 3.8) is 0 Å². The van der Waals surface area contributed by atoms with Crippen LogP contribution < -0.4 is 5.32 Å². The second kappa shape index (κ2) is 11.5. The number of halogens is 1. The second-order valence-corrected chi connectivity index (χ2v) is 6.53. The van der Waals surface area contributed by atoms with Gasteiger partial charge in [-0.2, -0.15) is 0 Å². The first-order valence-electron chi connectivity index (χ1n) is 7.54. The number of nitrogens with one attached hydrogen (secondary N) is 1. The number of hydrogen-bond acceptors (Lipinski definition) is 4. The summed E-state index contributed by atoms with van der Waals surface area (Å²) in [7, 11) is 0. The summed E-state index contributed by atoms with van der Waals surface area (Å²) >= 11 is 4.07. The summed E-state index contributed by atoms with van der Waals surface area (Å²) in [6.07, 6.45) is 8.53. The topological polar surface area (TPSA) is 59.3 Å². The first kappa shape index (κ1) is 19.0. The Balaban J connectivity index is 2.10. The third-order valence-corrected chi connectivity index (χ3v) is 4.11. The molecule has 1 heterocycles. The van der Waals surface area contributed by atoms with Crippen LogP contribution in [0.2, 0.25) is 0 Å². The highest BCUT2D eigenvalue weighted by Crippen LogP contribution is 2.19. The summed E-state index contributed by atoms with van der Waals surface area (Å²) in [6, 6.07) is 3.25. The molecule has 22 heavy (non-hydrogen) atoms. The van der Waals surface area contributed by atoms with Crippen LogP contribution >= 0.6 is 27.7 Å². The van der Waals surface area contributed by atoms with Crippen LogP contribution in [0.15, 0.2) is 32.7 Å². The first-order chi connectivity index (χ1) is 10.6. The van der Waals surface area contributed by atoms with E-state index in [0.717, 1.165) is 24.6 Å². The van der Waals surface area contributed by atoms with Crippen molar-refractivity contribution in [2.24, 2.45) is 0 Å². The van der Waals surface area contributed by atoms with Gasteiger partial charge >= 0.3 is 0 Å². The normalized spacial score (nSPS) is 11.0. The molecule has 4 nitrogen and oxygen atoms in total. The zero-order chi connectivity index (χ0) is 16.2. The van der Waals surface area contributed by atoms with E-state index in [1.165, 1.54) is 37.2 Å². The van der Waals surface area contributed by atoms with Gasteiger partial charge in [0.25, 0.3) is 5.12 Å². The Morgan fingerprint density at radius 2 is 1.95 bits per heavy atom. The van der Waals surface area contributed by atoms with Crippen LogP contribution in [-0.4, -0.2) is 17.6 Å². The number of amides is 1. The molecule has 0 fully saturated rings. The summed E-state index contributed by atoms with van der Waals surface area (Å²) in [5, 5.41) is 4.06. The van der Waals surface area contributed by atoms with E-state index in [-0.39, 0.29) is 16.8 Å². The molecule has 0 aliphatic heterocycles. The molecule has 0 aliphatic carbocycles. The summed E-state index contributed by atoms with van der Waals surface area (Å²) in [6.45, 7) is 2.87. The maximum atomic E-state index is 11.7. The molecule has 1 N–H and O–H groups in total. The zero-order valence-corrected chi connectivity index (χ0v) is 15.2. The van der Waals surface area contributed by atoms with Crippen LogP contribution in [0, 0.1) is 0 Å². The van der Waals surface area contributed by atoms with E-state index < -0.39 is 0 Å². The molecular weight excluding hydrogens is 366 g/mol. The Kier molecular flexibility index (Phi) is 9.99. The lowest BCUT2D eigenvalue weighted by molar-refractivity contribution is -0.116. The van der Waals surface area contributed by atoms with Crippen molar-refractivity contribution in [3.8, 4) is 0 Å². The van der Waals surface area contributed by atoms with E-state index in [9.17, 15) is 9.59 Å². The highest BCUT2D eigenvalue weighted by molar-refractivity contribution is 9.10. The number of rotatable bonds is 10. The van der Waals surface area contributed by atoms with E-state index in [2.05, 4.69) is 28.2 Å². The summed E-state index contributed by atoms with van der Waals surface area (Å²) < 4.78 is 5.65. The van der Waals surface area contributed by atoms with Gasteiger partial charge in [0.15, 0.2) is 10.4 Å². The van der Waals surface area contributed by atoms with Gasteiger partial charge < -0.3 is 9.73 Å². The lowest BCUT2D eigenvalue weighted by Crippen LogP contribution is -2.21. The summed E-state index contributed by atoms with van der Waals surface area (Å²) in [4.78, 5) is 23.2. The minimum Gasteiger partial charge on any atom is -0.445 e. The molecule has 0 unspecified atom stereocenters. The Bertz CT molecular complexity index is 499. The lowest BCUT2D eigenvalue weighted by atomic mass is 10.1. The Hall–Kier alpha value is -1.01. The van der Waals surface area contributed by atoms with Gasteiger partial charge in [0.05, 0.1) is 0 Å². The molecule has 0 radical (unpaired) electrons. The van der Waals surface area contributed by atoms with Gasteiger partial charge in [0.2, 0.25) is 5.91 Å². The number of thioether (sulfide) groups is 1. The lowest BCUT2D eigenvalue weighted by Gasteiger charge is -2.02. The van der Waals surface area contributed by atoms with Gasteiger partial charge in [-0.25, -0.2) is 0 Å². The Labute approximate surface area is 144 Å². The highest BCUT2D eigenvalue weighted by atomic mass is 79.9. The van der Waals surface area contributed by atoms with Gasteiger partial charge in [-0.15, -0.1) is 0 Å². The molecule has 1 rings (SSSR count). The zero-order valence-electron chi connectivity index (χ0n) is 12.8. The maximum absolute atomic E-state index is 11.7. The Morgan fingerprint density at radius 1 is 1.23 bits per heavy atom. The molecule has 0 saturated heterocycles. The number of carbonyl (C=O) groups is 2. The smallest absolute Gasteiger partial charge is 0.258 e. The van der Waals surface area contributed by atoms with Crippen LogP contribution in [0.3, 0.4) is 0 Å². The average Bonchev–Trinajstić information content (AvgIpc) is 2.93. The SMILES string of the molecule is CCCCCCCCNC(=O)C=CSC(=O)c1ccc(Br)o1. The van der Waals surface area contributed by atoms with Crippen LogP contribution in [0.1, 0.15) is 56.0 Å². The molecule has 122 valence electrons. The molecule has 0 spiro atoms. The van der Waals surface area contributed by atoms with Crippen molar-refractivity contribution in [1.29, 1.82) is 0 Å². The van der Waals surface area contributed by atoms with E-state index >= 15 is 0 Å². The molecule has 6 heteroatoms. The fourth-order valence-corrected chi connectivity index (χ4v) is 2.66. The summed E-state index contributed by atoms with van der Waals surface area (Å²) in [5.41, 5.74) is 0. The minimum absolute atomic E-state index is 0.172.